The highest BCUT2D eigenvalue weighted by atomic mass is 32.1. The number of carbonyl (C=O) groups is 2. The maximum atomic E-state index is 12.8. The van der Waals surface area contributed by atoms with Crippen molar-refractivity contribution in [3.63, 3.8) is 0 Å². The molecule has 0 atom stereocenters. The van der Waals surface area contributed by atoms with Gasteiger partial charge in [0.15, 0.2) is 5.11 Å². The Morgan fingerprint density at radius 2 is 0.927 bits per heavy atom. The van der Waals surface area contributed by atoms with Gasteiger partial charge in [-0.25, -0.2) is 0 Å². The molecule has 0 aromatic heterocycles. The van der Waals surface area contributed by atoms with Gasteiger partial charge < -0.3 is 24.6 Å². The van der Waals surface area contributed by atoms with Crippen LogP contribution in [-0.2, 0) is 19.1 Å². The minimum absolute atomic E-state index is 0. The van der Waals surface area contributed by atoms with Crippen LogP contribution >= 0.6 is 12.2 Å². The monoisotopic (exact) mass is 798 g/mol. The van der Waals surface area contributed by atoms with Gasteiger partial charge in [-0.2, -0.15) is 0 Å². The Kier molecular flexibility index (Phi) is 41.1. The van der Waals surface area contributed by atoms with E-state index in [4.69, 9.17) is 21.7 Å². The summed E-state index contributed by atoms with van der Waals surface area (Å²) in [6, 6.07) is 0. The number of unbranched alkanes of at least 4 members (excludes halogenated alkanes) is 23. The summed E-state index contributed by atoms with van der Waals surface area (Å²) in [6.45, 7) is 11.6. The minimum Gasteiger partial charge on any atom is -0.466 e. The summed E-state index contributed by atoms with van der Waals surface area (Å²) in [6.07, 6.45) is 38.4. The van der Waals surface area contributed by atoms with Gasteiger partial charge in [0.05, 0.1) is 6.61 Å². The van der Waals surface area contributed by atoms with Gasteiger partial charge in [-0.1, -0.05) is 156 Å². The van der Waals surface area contributed by atoms with E-state index < -0.39 is 0 Å². The number of carbonyl (C=O) groups excluding carboxylic acids is 2. The van der Waals surface area contributed by atoms with Crippen LogP contribution in [0.1, 0.15) is 234 Å². The average molecular weight is 798 g/mol. The van der Waals surface area contributed by atoms with Gasteiger partial charge in [0.2, 0.25) is 0 Å². The third-order valence-electron chi connectivity index (χ3n) is 10.9. The molecule has 8 heteroatoms. The SMILES string of the molecule is CCCCCCCCOC(=O)CCCCCCCN(CCCCCCCC(=O)OC(CCCCCCCC)CCCCCCCC)CCCNC(=S)N(C)C.[HH]. The first-order chi connectivity index (χ1) is 26.8. The smallest absolute Gasteiger partial charge is 0.306 e. The van der Waals surface area contributed by atoms with E-state index in [0.29, 0.717) is 19.4 Å². The lowest BCUT2D eigenvalue weighted by Gasteiger charge is -2.23. The van der Waals surface area contributed by atoms with Gasteiger partial charge in [0, 0.05) is 34.9 Å². The normalized spacial score (nSPS) is 11.4. The zero-order valence-corrected chi connectivity index (χ0v) is 38.2. The summed E-state index contributed by atoms with van der Waals surface area (Å²) in [5, 5.41) is 4.17. The van der Waals surface area contributed by atoms with Crippen molar-refractivity contribution in [2.24, 2.45) is 0 Å². The molecule has 0 radical (unpaired) electrons. The van der Waals surface area contributed by atoms with E-state index in [9.17, 15) is 9.59 Å². The zero-order chi connectivity index (χ0) is 40.5. The molecule has 7 nitrogen and oxygen atoms in total. The lowest BCUT2D eigenvalue weighted by atomic mass is 10.0. The number of hydrogen-bond donors (Lipinski definition) is 1. The fourth-order valence-electron chi connectivity index (χ4n) is 7.21. The molecule has 0 amide bonds. The second kappa shape index (κ2) is 42.2. The maximum Gasteiger partial charge on any atom is 0.306 e. The molecule has 0 aromatic rings. The molecule has 328 valence electrons. The number of hydrogen-bond acceptors (Lipinski definition) is 6. The Hall–Kier alpha value is -1.41. The van der Waals surface area contributed by atoms with Crippen molar-refractivity contribution >= 4 is 29.3 Å². The highest BCUT2D eigenvalue weighted by molar-refractivity contribution is 7.80. The molecule has 0 bridgehead atoms. The predicted octanol–water partition coefficient (Wildman–Crippen LogP) is 13.4. The maximum absolute atomic E-state index is 12.8. The topological polar surface area (TPSA) is 71.1 Å². The third-order valence-corrected chi connectivity index (χ3v) is 11.4. The zero-order valence-electron chi connectivity index (χ0n) is 37.4. The fraction of sp³-hybridized carbons (Fsp3) is 0.936. The van der Waals surface area contributed by atoms with E-state index in [1.807, 2.05) is 19.0 Å². The summed E-state index contributed by atoms with van der Waals surface area (Å²) in [7, 11) is 3.96. The van der Waals surface area contributed by atoms with Gasteiger partial charge in [-0.15, -0.1) is 0 Å². The predicted molar refractivity (Wildman–Crippen MR) is 243 cm³/mol. The lowest BCUT2D eigenvalue weighted by molar-refractivity contribution is -0.150. The van der Waals surface area contributed by atoms with Gasteiger partial charge in [0.1, 0.15) is 6.10 Å². The summed E-state index contributed by atoms with van der Waals surface area (Å²) >= 11 is 5.40. The number of nitrogens with one attached hydrogen (secondary N) is 1. The Morgan fingerprint density at radius 3 is 1.42 bits per heavy atom. The largest absolute Gasteiger partial charge is 0.466 e. The second-order valence-corrected chi connectivity index (χ2v) is 17.0. The molecule has 0 saturated heterocycles. The Morgan fingerprint density at radius 1 is 0.527 bits per heavy atom. The van der Waals surface area contributed by atoms with Gasteiger partial charge in [0.25, 0.3) is 0 Å². The second-order valence-electron chi connectivity index (χ2n) is 16.6. The van der Waals surface area contributed by atoms with Crippen molar-refractivity contribution in [1.82, 2.24) is 15.1 Å². The Labute approximate surface area is 349 Å². The standard InChI is InChI=1S/C47H93N3O4S.H2/c1-6-9-12-15-20-27-35-44(36-28-21-16-13-10-7-2)54-46(52)38-30-23-19-25-32-41-50(42-34-39-48-47(55)49(4)5)40-31-24-18-22-29-37-45(51)53-43-33-26-17-14-11-8-3;/h44H,6-43H2,1-5H3,(H,48,55);1H. The first kappa shape index (κ1) is 53.6. The first-order valence-electron chi connectivity index (χ1n) is 23.9. The number of ether oxygens (including phenoxy) is 2. The highest BCUT2D eigenvalue weighted by Gasteiger charge is 2.14. The number of thiocarbonyl (C=S) groups is 1. The summed E-state index contributed by atoms with van der Waals surface area (Å²) < 4.78 is 11.5. The minimum atomic E-state index is -0.0201. The summed E-state index contributed by atoms with van der Waals surface area (Å²) in [5.41, 5.74) is 0. The van der Waals surface area contributed by atoms with Crippen LogP contribution in [-0.4, -0.2) is 79.8 Å². The van der Waals surface area contributed by atoms with Crippen molar-refractivity contribution in [3.8, 4) is 0 Å². The van der Waals surface area contributed by atoms with E-state index in [1.165, 1.54) is 148 Å². The summed E-state index contributed by atoms with van der Waals surface area (Å²) in [4.78, 5) is 29.5. The number of nitrogens with zero attached hydrogens (tertiary/aromatic N) is 2. The molecule has 0 rings (SSSR count). The van der Waals surface area contributed by atoms with Crippen molar-refractivity contribution < 1.29 is 20.5 Å². The molecule has 0 aliphatic rings. The van der Waals surface area contributed by atoms with Crippen molar-refractivity contribution in [1.29, 1.82) is 0 Å². The third kappa shape index (κ3) is 39.2. The van der Waals surface area contributed by atoms with Crippen LogP contribution in [0.25, 0.3) is 0 Å². The molecule has 0 saturated carbocycles. The summed E-state index contributed by atoms with van der Waals surface area (Å²) in [5.74, 6) is 0.00666. The molecule has 0 heterocycles. The van der Waals surface area contributed by atoms with E-state index >= 15 is 0 Å². The fourth-order valence-corrected chi connectivity index (χ4v) is 7.32. The molecular weight excluding hydrogens is 703 g/mol. The molecule has 0 aromatic carbocycles. The van der Waals surface area contributed by atoms with Gasteiger partial charge in [-0.05, 0) is 96.1 Å². The van der Waals surface area contributed by atoms with Crippen LogP contribution in [0.2, 0.25) is 0 Å². The molecule has 0 aliphatic heterocycles. The number of esters is 2. The first-order valence-corrected chi connectivity index (χ1v) is 24.3. The van der Waals surface area contributed by atoms with Crippen molar-refractivity contribution in [3.05, 3.63) is 0 Å². The van der Waals surface area contributed by atoms with Crippen LogP contribution in [0.3, 0.4) is 0 Å². The van der Waals surface area contributed by atoms with E-state index in [2.05, 4.69) is 31.0 Å². The highest BCUT2D eigenvalue weighted by Crippen LogP contribution is 2.18. The number of rotatable bonds is 42. The molecule has 0 unspecified atom stereocenters. The van der Waals surface area contributed by atoms with Crippen LogP contribution < -0.4 is 5.32 Å². The van der Waals surface area contributed by atoms with Crippen molar-refractivity contribution in [2.45, 2.75) is 239 Å². The molecule has 1 N–H and O–H groups in total. The van der Waals surface area contributed by atoms with Crippen molar-refractivity contribution in [2.75, 3.05) is 46.9 Å². The quantitative estimate of drug-likeness (QED) is 0.0372. The molecule has 0 spiro atoms. The van der Waals surface area contributed by atoms with Crippen LogP contribution in [0.15, 0.2) is 0 Å². The molecule has 0 aliphatic carbocycles. The van der Waals surface area contributed by atoms with Crippen LogP contribution in [0, 0.1) is 0 Å². The molecule has 55 heavy (non-hydrogen) atoms. The van der Waals surface area contributed by atoms with E-state index in [-0.39, 0.29) is 19.5 Å². The lowest BCUT2D eigenvalue weighted by Crippen LogP contribution is -2.36. The van der Waals surface area contributed by atoms with E-state index in [1.54, 1.807) is 0 Å². The van der Waals surface area contributed by atoms with Crippen LogP contribution in [0.4, 0.5) is 0 Å². The van der Waals surface area contributed by atoms with Gasteiger partial charge >= 0.3 is 11.9 Å². The molecule has 0 fully saturated rings. The van der Waals surface area contributed by atoms with E-state index in [0.717, 1.165) is 82.7 Å². The van der Waals surface area contributed by atoms with Crippen LogP contribution in [0.5, 0.6) is 0 Å². The Bertz CT molecular complexity index is 849. The molecular formula is C47H95N3O4S. The average Bonchev–Trinajstić information content (AvgIpc) is 3.17. The van der Waals surface area contributed by atoms with Gasteiger partial charge in [-0.3, -0.25) is 9.59 Å². The Balaban J connectivity index is 0.